The topological polar surface area (TPSA) is 68.0 Å². The lowest BCUT2D eigenvalue weighted by molar-refractivity contribution is -0.117. The lowest BCUT2D eigenvalue weighted by Crippen LogP contribution is -2.16. The molecular weight excluding hydrogens is 258 g/mol. The van der Waals surface area contributed by atoms with Gasteiger partial charge in [-0.3, -0.25) is 4.79 Å². The highest BCUT2D eigenvalue weighted by molar-refractivity contribution is 7.09. The van der Waals surface area contributed by atoms with E-state index in [1.54, 1.807) is 11.3 Å². The number of hydrogen-bond acceptors (Lipinski definition) is 4. The van der Waals surface area contributed by atoms with Crippen LogP contribution in [-0.2, 0) is 11.2 Å². The SMILES string of the molecule is Cc1ncsc1C(C)Nc1ccccc1CC(N)=O. The van der Waals surface area contributed by atoms with E-state index in [-0.39, 0.29) is 18.4 Å². The van der Waals surface area contributed by atoms with Crippen molar-refractivity contribution in [3.63, 3.8) is 0 Å². The quantitative estimate of drug-likeness (QED) is 0.881. The molecule has 1 unspecified atom stereocenters. The van der Waals surface area contributed by atoms with Gasteiger partial charge in [-0.15, -0.1) is 11.3 Å². The van der Waals surface area contributed by atoms with Crippen molar-refractivity contribution in [3.8, 4) is 0 Å². The molecule has 1 aromatic heterocycles. The average Bonchev–Trinajstić information content (AvgIpc) is 2.77. The molecule has 0 radical (unpaired) electrons. The number of aromatic nitrogens is 1. The van der Waals surface area contributed by atoms with Crippen molar-refractivity contribution >= 4 is 22.9 Å². The van der Waals surface area contributed by atoms with Crippen molar-refractivity contribution in [2.24, 2.45) is 5.73 Å². The Kier molecular flexibility index (Phi) is 4.16. The highest BCUT2D eigenvalue weighted by Crippen LogP contribution is 2.26. The maximum atomic E-state index is 11.1. The molecule has 19 heavy (non-hydrogen) atoms. The summed E-state index contributed by atoms with van der Waals surface area (Å²) >= 11 is 1.63. The maximum Gasteiger partial charge on any atom is 0.221 e. The minimum Gasteiger partial charge on any atom is -0.377 e. The number of para-hydroxylation sites is 1. The number of nitrogens with zero attached hydrogens (tertiary/aromatic N) is 1. The highest BCUT2D eigenvalue weighted by Gasteiger charge is 2.13. The van der Waals surface area contributed by atoms with Crippen LogP contribution in [0.2, 0.25) is 0 Å². The molecule has 0 aliphatic heterocycles. The lowest BCUT2D eigenvalue weighted by atomic mass is 10.1. The number of anilines is 1. The van der Waals surface area contributed by atoms with E-state index in [0.29, 0.717) is 0 Å². The van der Waals surface area contributed by atoms with Crippen molar-refractivity contribution in [1.82, 2.24) is 4.98 Å². The van der Waals surface area contributed by atoms with Gasteiger partial charge in [-0.25, -0.2) is 4.98 Å². The molecule has 0 spiro atoms. The van der Waals surface area contributed by atoms with Crippen LogP contribution in [0, 0.1) is 6.92 Å². The molecule has 2 rings (SSSR count). The summed E-state index contributed by atoms with van der Waals surface area (Å²) in [4.78, 5) is 16.5. The van der Waals surface area contributed by atoms with E-state index in [9.17, 15) is 4.79 Å². The van der Waals surface area contributed by atoms with Crippen molar-refractivity contribution in [3.05, 3.63) is 45.9 Å². The molecule has 1 atom stereocenters. The van der Waals surface area contributed by atoms with Gasteiger partial charge in [0, 0.05) is 10.6 Å². The predicted molar refractivity (Wildman–Crippen MR) is 78.2 cm³/mol. The third-order valence-corrected chi connectivity index (χ3v) is 4.04. The van der Waals surface area contributed by atoms with E-state index in [1.165, 1.54) is 4.88 Å². The van der Waals surface area contributed by atoms with E-state index in [0.717, 1.165) is 16.9 Å². The number of carbonyl (C=O) groups excluding carboxylic acids is 1. The van der Waals surface area contributed by atoms with Crippen LogP contribution in [0.4, 0.5) is 5.69 Å². The molecule has 0 fully saturated rings. The minimum atomic E-state index is -0.323. The van der Waals surface area contributed by atoms with Gasteiger partial charge in [0.2, 0.25) is 5.91 Å². The van der Waals surface area contributed by atoms with Gasteiger partial charge in [-0.05, 0) is 25.5 Å². The molecule has 0 saturated heterocycles. The van der Waals surface area contributed by atoms with E-state index in [2.05, 4.69) is 17.2 Å². The molecule has 0 saturated carbocycles. The second-order valence-corrected chi connectivity index (χ2v) is 5.35. The van der Waals surface area contributed by atoms with Crippen LogP contribution in [-0.4, -0.2) is 10.9 Å². The number of amides is 1. The Morgan fingerprint density at radius 1 is 1.47 bits per heavy atom. The third-order valence-electron chi connectivity index (χ3n) is 2.93. The van der Waals surface area contributed by atoms with Crippen LogP contribution in [0.5, 0.6) is 0 Å². The molecule has 1 aromatic carbocycles. The van der Waals surface area contributed by atoms with Gasteiger partial charge in [0.25, 0.3) is 0 Å². The molecule has 0 aliphatic rings. The average molecular weight is 275 g/mol. The van der Waals surface area contributed by atoms with Crippen molar-refractivity contribution in [2.75, 3.05) is 5.32 Å². The molecule has 0 aliphatic carbocycles. The predicted octanol–water partition coefficient (Wildman–Crippen LogP) is 2.65. The summed E-state index contributed by atoms with van der Waals surface area (Å²) in [5.41, 5.74) is 10.0. The van der Waals surface area contributed by atoms with Crippen molar-refractivity contribution < 1.29 is 4.79 Å². The van der Waals surface area contributed by atoms with Gasteiger partial charge in [-0.1, -0.05) is 18.2 Å². The number of carbonyl (C=O) groups is 1. The number of nitrogens with one attached hydrogen (secondary N) is 1. The zero-order chi connectivity index (χ0) is 13.8. The Bertz CT molecular complexity index is 580. The number of benzene rings is 1. The van der Waals surface area contributed by atoms with Crippen molar-refractivity contribution in [1.29, 1.82) is 0 Å². The van der Waals surface area contributed by atoms with Crippen molar-refractivity contribution in [2.45, 2.75) is 26.3 Å². The number of rotatable bonds is 5. The van der Waals surface area contributed by atoms with E-state index in [1.807, 2.05) is 36.7 Å². The van der Waals surface area contributed by atoms with Gasteiger partial charge in [0.15, 0.2) is 0 Å². The first-order valence-corrected chi connectivity index (χ1v) is 6.98. The maximum absolute atomic E-state index is 11.1. The second-order valence-electron chi connectivity index (χ2n) is 4.47. The first-order chi connectivity index (χ1) is 9.08. The van der Waals surface area contributed by atoms with Crippen LogP contribution in [0.25, 0.3) is 0 Å². The van der Waals surface area contributed by atoms with Gasteiger partial charge < -0.3 is 11.1 Å². The van der Waals surface area contributed by atoms with Crippen LogP contribution < -0.4 is 11.1 Å². The fraction of sp³-hybridized carbons (Fsp3) is 0.286. The van der Waals surface area contributed by atoms with Crippen LogP contribution >= 0.6 is 11.3 Å². The summed E-state index contributed by atoms with van der Waals surface area (Å²) < 4.78 is 0. The number of aryl methyl sites for hydroxylation is 1. The molecule has 1 heterocycles. The molecule has 5 heteroatoms. The lowest BCUT2D eigenvalue weighted by Gasteiger charge is -2.17. The monoisotopic (exact) mass is 275 g/mol. The molecule has 0 bridgehead atoms. The van der Waals surface area contributed by atoms with E-state index >= 15 is 0 Å². The largest absolute Gasteiger partial charge is 0.377 e. The van der Waals surface area contributed by atoms with Gasteiger partial charge >= 0.3 is 0 Å². The first kappa shape index (κ1) is 13.5. The fourth-order valence-electron chi connectivity index (χ4n) is 2.03. The van der Waals surface area contributed by atoms with Gasteiger partial charge in [0.1, 0.15) is 0 Å². The summed E-state index contributed by atoms with van der Waals surface area (Å²) in [5, 5.41) is 3.42. The Morgan fingerprint density at radius 2 is 2.21 bits per heavy atom. The highest BCUT2D eigenvalue weighted by atomic mass is 32.1. The number of nitrogens with two attached hydrogens (primary N) is 1. The Labute approximate surface area is 116 Å². The summed E-state index contributed by atoms with van der Waals surface area (Å²) in [6.07, 6.45) is 0.248. The third kappa shape index (κ3) is 3.32. The fourth-order valence-corrected chi connectivity index (χ4v) is 2.84. The number of thiazole rings is 1. The first-order valence-electron chi connectivity index (χ1n) is 6.10. The Hall–Kier alpha value is -1.88. The molecule has 1 amide bonds. The summed E-state index contributed by atoms with van der Waals surface area (Å²) in [6.45, 7) is 4.08. The second kappa shape index (κ2) is 5.84. The van der Waals surface area contributed by atoms with Gasteiger partial charge in [-0.2, -0.15) is 0 Å². The standard InChI is InChI=1S/C14H17N3OS/c1-9-14(19-8-16-9)10(2)17-12-6-4-3-5-11(12)7-13(15)18/h3-6,8,10,17H,7H2,1-2H3,(H2,15,18). The van der Waals surface area contributed by atoms with E-state index in [4.69, 9.17) is 5.73 Å². The zero-order valence-corrected chi connectivity index (χ0v) is 11.8. The molecule has 100 valence electrons. The summed E-state index contributed by atoms with van der Waals surface area (Å²) in [5.74, 6) is -0.323. The molecule has 2 aromatic rings. The molecular formula is C14H17N3OS. The van der Waals surface area contributed by atoms with Crippen LogP contribution in [0.1, 0.15) is 29.1 Å². The Balaban J connectivity index is 2.19. The number of primary amides is 1. The number of hydrogen-bond donors (Lipinski definition) is 2. The van der Waals surface area contributed by atoms with Gasteiger partial charge in [0.05, 0.1) is 23.7 Å². The zero-order valence-electron chi connectivity index (χ0n) is 11.0. The minimum absolute atomic E-state index is 0.154. The van der Waals surface area contributed by atoms with Crippen LogP contribution in [0.15, 0.2) is 29.8 Å². The smallest absolute Gasteiger partial charge is 0.221 e. The normalized spacial score (nSPS) is 12.1. The van der Waals surface area contributed by atoms with Crippen LogP contribution in [0.3, 0.4) is 0 Å². The molecule has 4 nitrogen and oxygen atoms in total. The Morgan fingerprint density at radius 3 is 2.84 bits per heavy atom. The van der Waals surface area contributed by atoms with E-state index < -0.39 is 0 Å². The summed E-state index contributed by atoms with van der Waals surface area (Å²) in [7, 11) is 0. The molecule has 3 N–H and O–H groups in total. The summed E-state index contributed by atoms with van der Waals surface area (Å²) in [6, 6.07) is 7.89.